The Morgan fingerprint density at radius 2 is 1.34 bits per heavy atom. The SMILES string of the molecule is CN(C)C1=C2C(=O)NC(=O)C2C(c2ccc(N(C)C)cc2)(c2ccc(N(C)C)cc2N(C)C)C=C1. The molecule has 2 aromatic carbocycles. The van der Waals surface area contributed by atoms with Crippen LogP contribution in [0, 0.1) is 5.92 Å². The molecule has 7 nitrogen and oxygen atoms in total. The molecule has 0 spiro atoms. The summed E-state index contributed by atoms with van der Waals surface area (Å²) in [5.74, 6) is -1.28. The van der Waals surface area contributed by atoms with Crippen LogP contribution in [0.25, 0.3) is 0 Å². The molecule has 2 atom stereocenters. The van der Waals surface area contributed by atoms with Gasteiger partial charge in [0.15, 0.2) is 0 Å². The Bertz CT molecular complexity index is 1220. The number of carbonyl (C=O) groups excluding carboxylic acids is 2. The molecule has 2 amide bonds. The second kappa shape index (κ2) is 8.80. The molecule has 184 valence electrons. The van der Waals surface area contributed by atoms with Crippen molar-refractivity contribution in [1.29, 1.82) is 0 Å². The highest BCUT2D eigenvalue weighted by Crippen LogP contribution is 2.52. The summed E-state index contributed by atoms with van der Waals surface area (Å²) < 4.78 is 0. The Hall–Kier alpha value is -3.74. The van der Waals surface area contributed by atoms with Crippen LogP contribution in [0.1, 0.15) is 11.1 Å². The highest BCUT2D eigenvalue weighted by Gasteiger charge is 2.55. The first-order valence-electron chi connectivity index (χ1n) is 11.7. The summed E-state index contributed by atoms with van der Waals surface area (Å²) in [6.45, 7) is 0. The molecule has 1 aliphatic carbocycles. The highest BCUT2D eigenvalue weighted by molar-refractivity contribution is 6.17. The molecule has 2 aromatic rings. The van der Waals surface area contributed by atoms with Crippen LogP contribution in [0.2, 0.25) is 0 Å². The van der Waals surface area contributed by atoms with Gasteiger partial charge in [-0.1, -0.05) is 24.3 Å². The van der Waals surface area contributed by atoms with Crippen molar-refractivity contribution in [3.63, 3.8) is 0 Å². The lowest BCUT2D eigenvalue weighted by atomic mass is 9.61. The summed E-state index contributed by atoms with van der Waals surface area (Å²) in [5.41, 5.74) is 5.48. The first-order valence-corrected chi connectivity index (χ1v) is 11.7. The number of hydrogen-bond donors (Lipinski definition) is 1. The van der Waals surface area contributed by atoms with E-state index >= 15 is 0 Å². The lowest BCUT2D eigenvalue weighted by Gasteiger charge is -2.42. The third-order valence-corrected chi connectivity index (χ3v) is 7.04. The molecule has 0 saturated carbocycles. The summed E-state index contributed by atoms with van der Waals surface area (Å²) in [6.07, 6.45) is 4.10. The number of likely N-dealkylation sites (N-methyl/N-ethyl adjacent to an activating group) is 1. The summed E-state index contributed by atoms with van der Waals surface area (Å²) in [7, 11) is 15.8. The van der Waals surface area contributed by atoms with Gasteiger partial charge in [-0.3, -0.25) is 14.9 Å². The number of allylic oxidation sites excluding steroid dienone is 2. The molecule has 1 saturated heterocycles. The van der Waals surface area contributed by atoms with Gasteiger partial charge in [-0.15, -0.1) is 0 Å². The number of amides is 2. The third kappa shape index (κ3) is 3.85. The van der Waals surface area contributed by atoms with Crippen molar-refractivity contribution in [2.45, 2.75) is 5.41 Å². The van der Waals surface area contributed by atoms with Gasteiger partial charge in [0.05, 0.1) is 16.9 Å². The molecule has 0 aromatic heterocycles. The van der Waals surface area contributed by atoms with Crippen molar-refractivity contribution < 1.29 is 9.59 Å². The Kier molecular flexibility index (Phi) is 6.13. The zero-order valence-electron chi connectivity index (χ0n) is 21.9. The molecule has 0 bridgehead atoms. The third-order valence-electron chi connectivity index (χ3n) is 7.04. The molecule has 1 heterocycles. The number of carbonyl (C=O) groups is 2. The fourth-order valence-corrected chi connectivity index (χ4v) is 5.22. The maximum atomic E-state index is 13.5. The van der Waals surface area contributed by atoms with Crippen LogP contribution in [0.3, 0.4) is 0 Å². The fraction of sp³-hybridized carbons (Fsp3) is 0.357. The van der Waals surface area contributed by atoms with Gasteiger partial charge < -0.3 is 19.6 Å². The molecular formula is C28H35N5O2. The summed E-state index contributed by atoms with van der Waals surface area (Å²) in [5, 5.41) is 2.61. The Morgan fingerprint density at radius 1 is 0.743 bits per heavy atom. The van der Waals surface area contributed by atoms with Crippen LogP contribution in [0.4, 0.5) is 17.1 Å². The monoisotopic (exact) mass is 473 g/mol. The molecule has 4 rings (SSSR count). The van der Waals surface area contributed by atoms with Crippen LogP contribution < -0.4 is 20.0 Å². The molecule has 1 N–H and O–H groups in total. The molecule has 0 radical (unpaired) electrons. The molecule has 2 unspecified atom stereocenters. The van der Waals surface area contributed by atoms with E-state index in [1.54, 1.807) is 0 Å². The fourth-order valence-electron chi connectivity index (χ4n) is 5.22. The maximum absolute atomic E-state index is 13.5. The van der Waals surface area contributed by atoms with Gasteiger partial charge in [0.25, 0.3) is 5.91 Å². The van der Waals surface area contributed by atoms with Crippen LogP contribution in [-0.2, 0) is 15.0 Å². The van der Waals surface area contributed by atoms with E-state index in [9.17, 15) is 9.59 Å². The van der Waals surface area contributed by atoms with Crippen molar-refractivity contribution in [3.05, 3.63) is 77.0 Å². The van der Waals surface area contributed by atoms with Gasteiger partial charge in [-0.05, 0) is 41.5 Å². The molecule has 35 heavy (non-hydrogen) atoms. The van der Waals surface area contributed by atoms with Gasteiger partial charge in [0.1, 0.15) is 0 Å². The molecule has 1 aliphatic heterocycles. The van der Waals surface area contributed by atoms with E-state index < -0.39 is 11.3 Å². The van der Waals surface area contributed by atoms with Crippen molar-refractivity contribution >= 4 is 28.9 Å². The molecule has 1 fully saturated rings. The van der Waals surface area contributed by atoms with Crippen LogP contribution >= 0.6 is 0 Å². The number of rotatable bonds is 6. The van der Waals surface area contributed by atoms with E-state index in [0.717, 1.165) is 33.9 Å². The Balaban J connectivity index is 2.07. The highest BCUT2D eigenvalue weighted by atomic mass is 16.2. The van der Waals surface area contributed by atoms with E-state index in [-0.39, 0.29) is 11.8 Å². The summed E-state index contributed by atoms with van der Waals surface area (Å²) in [4.78, 5) is 34.7. The lowest BCUT2D eigenvalue weighted by molar-refractivity contribution is -0.126. The number of nitrogens with zero attached hydrogens (tertiary/aromatic N) is 4. The van der Waals surface area contributed by atoms with Crippen molar-refractivity contribution in [2.24, 2.45) is 5.92 Å². The number of imide groups is 1. The molecular weight excluding hydrogens is 438 g/mol. The van der Waals surface area contributed by atoms with Crippen molar-refractivity contribution in [3.8, 4) is 0 Å². The normalized spacial score (nSPS) is 21.1. The van der Waals surface area contributed by atoms with E-state index in [1.165, 1.54) is 0 Å². The minimum atomic E-state index is -0.861. The standard InChI is InChI=1S/C28H35N5O2/c1-30(2)19-11-9-18(10-12-19)28(21-14-13-20(31(3)4)17-23(21)33(7)8)16-15-22(32(5)6)24-25(28)27(35)29-26(24)34/h9-17,25H,1-8H3,(H,29,34,35). The number of fused-ring (bicyclic) bond motifs is 1. The second-order valence-electron chi connectivity index (χ2n) is 10.1. The van der Waals surface area contributed by atoms with Gasteiger partial charge in [-0.2, -0.15) is 0 Å². The van der Waals surface area contributed by atoms with Crippen LogP contribution in [0.15, 0.2) is 65.9 Å². The smallest absolute Gasteiger partial charge is 0.256 e. The second-order valence-corrected chi connectivity index (χ2v) is 10.1. The summed E-state index contributed by atoms with van der Waals surface area (Å²) in [6, 6.07) is 14.6. The zero-order chi connectivity index (χ0) is 25.7. The largest absolute Gasteiger partial charge is 0.378 e. The van der Waals surface area contributed by atoms with E-state index in [0.29, 0.717) is 5.57 Å². The predicted molar refractivity (Wildman–Crippen MR) is 143 cm³/mol. The summed E-state index contributed by atoms with van der Waals surface area (Å²) >= 11 is 0. The van der Waals surface area contributed by atoms with Gasteiger partial charge in [0, 0.05) is 79.1 Å². The number of benzene rings is 2. The molecule has 7 heteroatoms. The minimum Gasteiger partial charge on any atom is -0.378 e. The van der Waals surface area contributed by atoms with Gasteiger partial charge in [-0.25, -0.2) is 0 Å². The van der Waals surface area contributed by atoms with Crippen LogP contribution in [-0.4, -0.2) is 73.1 Å². The minimum absolute atomic E-state index is 0.272. The predicted octanol–water partition coefficient (Wildman–Crippen LogP) is 2.83. The van der Waals surface area contributed by atoms with Gasteiger partial charge in [0.2, 0.25) is 5.91 Å². The van der Waals surface area contributed by atoms with E-state index in [1.807, 2.05) is 72.3 Å². The quantitative estimate of drug-likeness (QED) is 0.652. The first-order chi connectivity index (χ1) is 16.5. The number of hydrogen-bond acceptors (Lipinski definition) is 6. The Morgan fingerprint density at radius 3 is 1.89 bits per heavy atom. The van der Waals surface area contributed by atoms with Crippen molar-refractivity contribution in [1.82, 2.24) is 10.2 Å². The van der Waals surface area contributed by atoms with Gasteiger partial charge >= 0.3 is 0 Å². The topological polar surface area (TPSA) is 59.1 Å². The lowest BCUT2D eigenvalue weighted by Crippen LogP contribution is -2.43. The molecule has 2 aliphatic rings. The first kappa shape index (κ1) is 24.4. The number of anilines is 3. The Labute approximate surface area is 208 Å². The van der Waals surface area contributed by atoms with E-state index in [2.05, 4.69) is 63.7 Å². The average Bonchev–Trinajstić information content (AvgIpc) is 3.12. The zero-order valence-corrected chi connectivity index (χ0v) is 21.9. The van der Waals surface area contributed by atoms with Crippen molar-refractivity contribution in [2.75, 3.05) is 71.1 Å². The van der Waals surface area contributed by atoms with Crippen LogP contribution in [0.5, 0.6) is 0 Å². The van der Waals surface area contributed by atoms with E-state index in [4.69, 9.17) is 0 Å². The number of nitrogens with one attached hydrogen (secondary N) is 1. The average molecular weight is 474 g/mol. The maximum Gasteiger partial charge on any atom is 0.256 e.